The molecule has 0 fully saturated rings. The Morgan fingerprint density at radius 3 is 2.60 bits per heavy atom. The van der Waals surface area contributed by atoms with Gasteiger partial charge in [0.25, 0.3) is 0 Å². The SMILES string of the molecule is COCc1cc(C(=O)c2cccn2C)ccc1C(=O)O. The topological polar surface area (TPSA) is 68.5 Å². The van der Waals surface area contributed by atoms with E-state index in [1.54, 1.807) is 36.0 Å². The van der Waals surface area contributed by atoms with Gasteiger partial charge in [0.05, 0.1) is 17.9 Å². The normalized spacial score (nSPS) is 10.5. The highest BCUT2D eigenvalue weighted by molar-refractivity contribution is 6.08. The molecule has 1 heterocycles. The highest BCUT2D eigenvalue weighted by atomic mass is 16.5. The maximum atomic E-state index is 12.4. The van der Waals surface area contributed by atoms with Gasteiger partial charge in [0.2, 0.25) is 5.78 Å². The summed E-state index contributed by atoms with van der Waals surface area (Å²) in [5.74, 6) is -1.18. The molecule has 1 aromatic heterocycles. The average molecular weight is 273 g/mol. The maximum absolute atomic E-state index is 12.4. The molecule has 5 heteroatoms. The van der Waals surface area contributed by atoms with Crippen LogP contribution in [0.4, 0.5) is 0 Å². The summed E-state index contributed by atoms with van der Waals surface area (Å²) in [4.78, 5) is 23.5. The fourth-order valence-corrected chi connectivity index (χ4v) is 2.06. The third-order valence-electron chi connectivity index (χ3n) is 3.07. The Labute approximate surface area is 116 Å². The molecular formula is C15H15NO4. The van der Waals surface area contributed by atoms with Crippen molar-refractivity contribution in [2.24, 2.45) is 7.05 Å². The molecule has 0 radical (unpaired) electrons. The zero-order chi connectivity index (χ0) is 14.7. The second-order valence-corrected chi connectivity index (χ2v) is 4.44. The second kappa shape index (κ2) is 5.71. The Hall–Kier alpha value is -2.40. The first-order valence-corrected chi connectivity index (χ1v) is 6.05. The van der Waals surface area contributed by atoms with Gasteiger partial charge in [-0.1, -0.05) is 6.07 Å². The van der Waals surface area contributed by atoms with Crippen molar-refractivity contribution in [3.63, 3.8) is 0 Å². The first-order valence-electron chi connectivity index (χ1n) is 6.05. The molecule has 0 bridgehead atoms. The van der Waals surface area contributed by atoms with Crippen LogP contribution in [0.1, 0.15) is 32.0 Å². The minimum Gasteiger partial charge on any atom is -0.478 e. The lowest BCUT2D eigenvalue weighted by Gasteiger charge is -2.08. The largest absolute Gasteiger partial charge is 0.478 e. The van der Waals surface area contributed by atoms with Gasteiger partial charge in [0.15, 0.2) is 0 Å². The molecule has 0 spiro atoms. The van der Waals surface area contributed by atoms with Crippen molar-refractivity contribution in [2.45, 2.75) is 6.61 Å². The van der Waals surface area contributed by atoms with Crippen LogP contribution < -0.4 is 0 Å². The highest BCUT2D eigenvalue weighted by Crippen LogP contribution is 2.17. The third kappa shape index (κ3) is 2.62. The summed E-state index contributed by atoms with van der Waals surface area (Å²) in [5, 5.41) is 9.11. The molecule has 1 N–H and O–H groups in total. The number of hydrogen-bond acceptors (Lipinski definition) is 3. The van der Waals surface area contributed by atoms with Gasteiger partial charge in [-0.2, -0.15) is 0 Å². The average Bonchev–Trinajstić information content (AvgIpc) is 2.84. The van der Waals surface area contributed by atoms with Crippen LogP contribution in [-0.4, -0.2) is 28.5 Å². The summed E-state index contributed by atoms with van der Waals surface area (Å²) < 4.78 is 6.71. The number of carbonyl (C=O) groups excluding carboxylic acids is 1. The number of ether oxygens (including phenoxy) is 1. The third-order valence-corrected chi connectivity index (χ3v) is 3.07. The fraction of sp³-hybridized carbons (Fsp3) is 0.200. The number of nitrogens with zero attached hydrogens (tertiary/aromatic N) is 1. The number of aromatic nitrogens is 1. The number of hydrogen-bond donors (Lipinski definition) is 1. The van der Waals surface area contributed by atoms with Gasteiger partial charge in [0, 0.05) is 25.9 Å². The highest BCUT2D eigenvalue weighted by Gasteiger charge is 2.16. The van der Waals surface area contributed by atoms with Crippen LogP contribution in [0.5, 0.6) is 0 Å². The maximum Gasteiger partial charge on any atom is 0.336 e. The lowest BCUT2D eigenvalue weighted by molar-refractivity contribution is 0.0691. The van der Waals surface area contributed by atoms with E-state index in [1.807, 2.05) is 0 Å². The van der Waals surface area contributed by atoms with Gasteiger partial charge >= 0.3 is 5.97 Å². The van der Waals surface area contributed by atoms with Crippen molar-refractivity contribution in [1.29, 1.82) is 0 Å². The number of benzene rings is 1. The zero-order valence-corrected chi connectivity index (χ0v) is 11.3. The molecule has 0 saturated heterocycles. The van der Waals surface area contributed by atoms with Gasteiger partial charge in [-0.25, -0.2) is 4.79 Å². The number of carbonyl (C=O) groups is 2. The van der Waals surface area contributed by atoms with Gasteiger partial charge in [-0.15, -0.1) is 0 Å². The summed E-state index contributed by atoms with van der Waals surface area (Å²) in [6.07, 6.45) is 1.79. The van der Waals surface area contributed by atoms with Gasteiger partial charge in [-0.3, -0.25) is 4.79 Å². The summed E-state index contributed by atoms with van der Waals surface area (Å²) in [7, 11) is 3.27. The van der Waals surface area contributed by atoms with Crippen LogP contribution in [0, 0.1) is 0 Å². The first kappa shape index (κ1) is 14.0. The van der Waals surface area contributed by atoms with Crippen LogP contribution in [0.2, 0.25) is 0 Å². The molecule has 20 heavy (non-hydrogen) atoms. The van der Waals surface area contributed by atoms with E-state index in [0.29, 0.717) is 16.8 Å². The Morgan fingerprint density at radius 1 is 1.30 bits per heavy atom. The molecular weight excluding hydrogens is 258 g/mol. The van der Waals surface area contributed by atoms with Crippen molar-refractivity contribution in [3.8, 4) is 0 Å². The minimum absolute atomic E-state index is 0.146. The minimum atomic E-state index is -1.03. The van der Waals surface area contributed by atoms with E-state index < -0.39 is 5.97 Å². The monoisotopic (exact) mass is 273 g/mol. The predicted octanol–water partition coefficient (Wildman–Crippen LogP) is 2.10. The number of methoxy groups -OCH3 is 1. The van der Waals surface area contributed by atoms with E-state index in [0.717, 1.165) is 0 Å². The summed E-state index contributed by atoms with van der Waals surface area (Å²) in [6.45, 7) is 0.149. The molecule has 1 aromatic carbocycles. The van der Waals surface area contributed by atoms with E-state index in [9.17, 15) is 9.59 Å². The molecule has 0 aliphatic carbocycles. The summed E-state index contributed by atoms with van der Waals surface area (Å²) in [6, 6.07) is 8.05. The van der Waals surface area contributed by atoms with Gasteiger partial charge in [0.1, 0.15) is 0 Å². The van der Waals surface area contributed by atoms with E-state index >= 15 is 0 Å². The number of rotatable bonds is 5. The van der Waals surface area contributed by atoms with E-state index in [-0.39, 0.29) is 18.0 Å². The molecule has 104 valence electrons. The van der Waals surface area contributed by atoms with Gasteiger partial charge < -0.3 is 14.4 Å². The van der Waals surface area contributed by atoms with Crippen LogP contribution in [0.3, 0.4) is 0 Å². The summed E-state index contributed by atoms with van der Waals surface area (Å²) >= 11 is 0. The number of ketones is 1. The standard InChI is InChI=1S/C15H15NO4/c1-16-7-3-4-13(16)14(17)10-5-6-12(15(18)19)11(8-10)9-20-2/h3-8H,9H2,1-2H3,(H,18,19). The molecule has 5 nitrogen and oxygen atoms in total. The van der Waals surface area contributed by atoms with Crippen molar-refractivity contribution < 1.29 is 19.4 Å². The van der Waals surface area contributed by atoms with Crippen molar-refractivity contribution in [1.82, 2.24) is 4.57 Å². The Kier molecular flexibility index (Phi) is 4.00. The molecule has 0 unspecified atom stereocenters. The number of carboxylic acid groups (broad SMARTS) is 1. The quantitative estimate of drug-likeness (QED) is 0.847. The number of aryl methyl sites for hydroxylation is 1. The Balaban J connectivity index is 2.43. The summed E-state index contributed by atoms with van der Waals surface area (Å²) in [5.41, 5.74) is 1.63. The Morgan fingerprint density at radius 2 is 2.05 bits per heavy atom. The van der Waals surface area contributed by atoms with Crippen molar-refractivity contribution in [2.75, 3.05) is 7.11 Å². The molecule has 0 saturated carbocycles. The molecule has 0 amide bonds. The van der Waals surface area contributed by atoms with Gasteiger partial charge in [-0.05, 0) is 29.8 Å². The number of aromatic carboxylic acids is 1. The van der Waals surface area contributed by atoms with Crippen LogP contribution in [0.15, 0.2) is 36.5 Å². The lowest BCUT2D eigenvalue weighted by Crippen LogP contribution is -2.10. The number of carboxylic acids is 1. The van der Waals surface area contributed by atoms with Crippen LogP contribution in [-0.2, 0) is 18.4 Å². The molecule has 0 aliphatic rings. The predicted molar refractivity (Wildman–Crippen MR) is 73.0 cm³/mol. The van der Waals surface area contributed by atoms with E-state index in [4.69, 9.17) is 9.84 Å². The van der Waals surface area contributed by atoms with Crippen molar-refractivity contribution in [3.05, 3.63) is 58.9 Å². The molecule has 0 atom stereocenters. The molecule has 2 aromatic rings. The lowest BCUT2D eigenvalue weighted by atomic mass is 10.0. The van der Waals surface area contributed by atoms with E-state index in [2.05, 4.69) is 0 Å². The Bertz CT molecular complexity index is 658. The smallest absolute Gasteiger partial charge is 0.336 e. The second-order valence-electron chi connectivity index (χ2n) is 4.44. The molecule has 0 aliphatic heterocycles. The fourth-order valence-electron chi connectivity index (χ4n) is 2.06. The van der Waals surface area contributed by atoms with Crippen LogP contribution in [0.25, 0.3) is 0 Å². The zero-order valence-electron chi connectivity index (χ0n) is 11.3. The van der Waals surface area contributed by atoms with E-state index in [1.165, 1.54) is 19.2 Å². The van der Waals surface area contributed by atoms with Crippen LogP contribution >= 0.6 is 0 Å². The first-order chi connectivity index (χ1) is 9.54. The van der Waals surface area contributed by atoms with Crippen molar-refractivity contribution >= 4 is 11.8 Å². The molecule has 2 rings (SSSR count).